The second-order valence-corrected chi connectivity index (χ2v) is 6.18. The van der Waals surface area contributed by atoms with Gasteiger partial charge in [-0.05, 0) is 31.7 Å². The van der Waals surface area contributed by atoms with E-state index < -0.39 is 0 Å². The van der Waals surface area contributed by atoms with Crippen LogP contribution in [0, 0.1) is 5.92 Å². The van der Waals surface area contributed by atoms with Gasteiger partial charge in [0.05, 0.1) is 12.0 Å². The molecule has 2 aliphatic rings. The van der Waals surface area contributed by atoms with Gasteiger partial charge in [0.1, 0.15) is 0 Å². The molecule has 1 aromatic carbocycles. The Hall–Kier alpha value is -1.39. The number of hydrogen-bond acceptors (Lipinski definition) is 3. The summed E-state index contributed by atoms with van der Waals surface area (Å²) in [6, 6.07) is 10.3. The molecule has 0 saturated carbocycles. The molecule has 4 atom stereocenters. The molecule has 1 amide bonds. The molecule has 114 valence electrons. The molecular weight excluding hydrogens is 264 g/mol. The first-order valence-corrected chi connectivity index (χ1v) is 7.91. The van der Waals surface area contributed by atoms with E-state index in [1.54, 1.807) is 0 Å². The van der Waals surface area contributed by atoms with Crippen molar-refractivity contribution >= 4 is 5.91 Å². The van der Waals surface area contributed by atoms with Crippen LogP contribution in [0.15, 0.2) is 30.3 Å². The molecule has 0 spiro atoms. The zero-order valence-electron chi connectivity index (χ0n) is 12.6. The van der Waals surface area contributed by atoms with Gasteiger partial charge >= 0.3 is 0 Å². The Morgan fingerprint density at radius 2 is 2.05 bits per heavy atom. The third-order valence-electron chi connectivity index (χ3n) is 4.87. The van der Waals surface area contributed by atoms with Crippen LogP contribution in [0.1, 0.15) is 37.9 Å². The number of benzene rings is 1. The van der Waals surface area contributed by atoms with Crippen molar-refractivity contribution in [3.63, 3.8) is 0 Å². The van der Waals surface area contributed by atoms with E-state index >= 15 is 0 Å². The first-order valence-electron chi connectivity index (χ1n) is 7.91. The van der Waals surface area contributed by atoms with Gasteiger partial charge in [0.25, 0.3) is 0 Å². The predicted molar refractivity (Wildman–Crippen MR) is 81.6 cm³/mol. The maximum absolute atomic E-state index is 12.9. The maximum Gasteiger partial charge on any atom is 0.228 e. The van der Waals surface area contributed by atoms with Gasteiger partial charge in [0.2, 0.25) is 5.91 Å². The van der Waals surface area contributed by atoms with Gasteiger partial charge in [0.15, 0.2) is 0 Å². The maximum atomic E-state index is 12.9. The lowest BCUT2D eigenvalue weighted by molar-refractivity contribution is -0.146. The van der Waals surface area contributed by atoms with Crippen LogP contribution in [0.25, 0.3) is 0 Å². The van der Waals surface area contributed by atoms with Crippen molar-refractivity contribution in [3.8, 4) is 0 Å². The van der Waals surface area contributed by atoms with E-state index in [-0.39, 0.29) is 30.0 Å². The summed E-state index contributed by atoms with van der Waals surface area (Å²) in [5, 5.41) is 0. The molecule has 4 heteroatoms. The van der Waals surface area contributed by atoms with E-state index in [2.05, 4.69) is 19.1 Å². The van der Waals surface area contributed by atoms with Gasteiger partial charge in [0, 0.05) is 25.2 Å². The Bertz CT molecular complexity index is 491. The molecule has 0 aromatic heterocycles. The third-order valence-corrected chi connectivity index (χ3v) is 4.87. The quantitative estimate of drug-likeness (QED) is 0.906. The first kappa shape index (κ1) is 14.5. The SMILES string of the molecule is CC1C(N)CCN1C(=O)C1CCCOC1c1ccccc1. The molecule has 2 fully saturated rings. The number of hydrogen-bond donors (Lipinski definition) is 1. The van der Waals surface area contributed by atoms with Crippen molar-refractivity contribution in [2.75, 3.05) is 13.2 Å². The van der Waals surface area contributed by atoms with Crippen LogP contribution in [0.5, 0.6) is 0 Å². The Balaban J connectivity index is 1.80. The lowest BCUT2D eigenvalue weighted by Crippen LogP contribution is -2.45. The van der Waals surface area contributed by atoms with Crippen molar-refractivity contribution in [1.82, 2.24) is 4.90 Å². The van der Waals surface area contributed by atoms with E-state index in [1.807, 2.05) is 23.1 Å². The lowest BCUT2D eigenvalue weighted by atomic mass is 9.88. The number of ether oxygens (including phenoxy) is 1. The predicted octanol–water partition coefficient (Wildman–Crippen LogP) is 2.10. The molecule has 0 radical (unpaired) electrons. The highest BCUT2D eigenvalue weighted by Crippen LogP contribution is 2.36. The number of rotatable bonds is 2. The largest absolute Gasteiger partial charge is 0.373 e. The van der Waals surface area contributed by atoms with Crippen molar-refractivity contribution in [2.24, 2.45) is 11.7 Å². The highest BCUT2D eigenvalue weighted by atomic mass is 16.5. The number of likely N-dealkylation sites (tertiary alicyclic amines) is 1. The third kappa shape index (κ3) is 2.83. The molecule has 3 rings (SSSR count). The zero-order chi connectivity index (χ0) is 14.8. The zero-order valence-corrected chi connectivity index (χ0v) is 12.6. The van der Waals surface area contributed by atoms with Crippen LogP contribution < -0.4 is 5.73 Å². The topological polar surface area (TPSA) is 55.6 Å². The van der Waals surface area contributed by atoms with Crippen molar-refractivity contribution < 1.29 is 9.53 Å². The Labute approximate surface area is 126 Å². The van der Waals surface area contributed by atoms with Crippen LogP contribution in [-0.2, 0) is 9.53 Å². The molecule has 2 N–H and O–H groups in total. The molecule has 0 bridgehead atoms. The second kappa shape index (κ2) is 6.16. The summed E-state index contributed by atoms with van der Waals surface area (Å²) in [7, 11) is 0. The van der Waals surface area contributed by atoms with Gasteiger partial charge in [-0.15, -0.1) is 0 Å². The van der Waals surface area contributed by atoms with Crippen LogP contribution in [-0.4, -0.2) is 36.0 Å². The molecule has 0 aliphatic carbocycles. The van der Waals surface area contributed by atoms with E-state index in [1.165, 1.54) is 0 Å². The Morgan fingerprint density at radius 1 is 1.29 bits per heavy atom. The Kier molecular flexibility index (Phi) is 4.27. The molecule has 21 heavy (non-hydrogen) atoms. The summed E-state index contributed by atoms with van der Waals surface area (Å²) < 4.78 is 5.94. The summed E-state index contributed by atoms with van der Waals surface area (Å²) in [5.74, 6) is 0.137. The summed E-state index contributed by atoms with van der Waals surface area (Å²) in [6.07, 6.45) is 2.64. The second-order valence-electron chi connectivity index (χ2n) is 6.18. The molecule has 2 aliphatic heterocycles. The normalized spacial score (nSPS) is 33.1. The van der Waals surface area contributed by atoms with Gasteiger partial charge in [-0.2, -0.15) is 0 Å². The van der Waals surface area contributed by atoms with Gasteiger partial charge in [-0.25, -0.2) is 0 Å². The average molecular weight is 288 g/mol. The van der Waals surface area contributed by atoms with Gasteiger partial charge < -0.3 is 15.4 Å². The first-order chi connectivity index (χ1) is 10.2. The van der Waals surface area contributed by atoms with Gasteiger partial charge in [-0.3, -0.25) is 4.79 Å². The minimum Gasteiger partial charge on any atom is -0.373 e. The Morgan fingerprint density at radius 3 is 2.71 bits per heavy atom. The molecule has 2 saturated heterocycles. The number of nitrogens with two attached hydrogens (primary N) is 1. The van der Waals surface area contributed by atoms with Crippen LogP contribution in [0.2, 0.25) is 0 Å². The fraction of sp³-hybridized carbons (Fsp3) is 0.588. The average Bonchev–Trinajstić information content (AvgIpc) is 2.87. The van der Waals surface area contributed by atoms with Crippen LogP contribution in [0.4, 0.5) is 0 Å². The van der Waals surface area contributed by atoms with Crippen molar-refractivity contribution in [1.29, 1.82) is 0 Å². The van der Waals surface area contributed by atoms with Crippen LogP contribution >= 0.6 is 0 Å². The highest BCUT2D eigenvalue weighted by Gasteiger charge is 2.40. The van der Waals surface area contributed by atoms with E-state index in [9.17, 15) is 4.79 Å². The molecule has 1 aromatic rings. The molecule has 4 unspecified atom stereocenters. The summed E-state index contributed by atoms with van der Waals surface area (Å²) in [5.41, 5.74) is 7.16. The monoisotopic (exact) mass is 288 g/mol. The number of carbonyl (C=O) groups excluding carboxylic acids is 1. The minimum absolute atomic E-state index is 0.0751. The number of carbonyl (C=O) groups is 1. The smallest absolute Gasteiger partial charge is 0.228 e. The van der Waals surface area contributed by atoms with Crippen molar-refractivity contribution in [2.45, 2.75) is 44.4 Å². The highest BCUT2D eigenvalue weighted by molar-refractivity contribution is 5.80. The minimum atomic E-state index is -0.114. The standard InChI is InChI=1S/C17H24N2O2/c1-12-15(18)9-10-19(12)17(20)14-8-5-11-21-16(14)13-6-3-2-4-7-13/h2-4,6-7,12,14-16H,5,8-11,18H2,1H3. The number of amides is 1. The van der Waals surface area contributed by atoms with E-state index in [0.29, 0.717) is 0 Å². The summed E-state index contributed by atoms with van der Waals surface area (Å²) in [4.78, 5) is 14.9. The van der Waals surface area contributed by atoms with Crippen LogP contribution in [0.3, 0.4) is 0 Å². The molecular formula is C17H24N2O2. The number of nitrogens with zero attached hydrogens (tertiary/aromatic N) is 1. The fourth-order valence-corrected chi connectivity index (χ4v) is 3.49. The van der Waals surface area contributed by atoms with Gasteiger partial charge in [-0.1, -0.05) is 30.3 Å². The fourth-order valence-electron chi connectivity index (χ4n) is 3.49. The lowest BCUT2D eigenvalue weighted by Gasteiger charge is -2.35. The molecule has 4 nitrogen and oxygen atoms in total. The van der Waals surface area contributed by atoms with Crippen molar-refractivity contribution in [3.05, 3.63) is 35.9 Å². The summed E-state index contributed by atoms with van der Waals surface area (Å²) in [6.45, 7) is 3.56. The summed E-state index contributed by atoms with van der Waals surface area (Å²) >= 11 is 0. The van der Waals surface area contributed by atoms with E-state index in [0.717, 1.165) is 38.0 Å². The molecule has 2 heterocycles. The van der Waals surface area contributed by atoms with E-state index in [4.69, 9.17) is 10.5 Å².